The van der Waals surface area contributed by atoms with Crippen LogP contribution in [0.3, 0.4) is 0 Å². The first-order chi connectivity index (χ1) is 15.2. The summed E-state index contributed by atoms with van der Waals surface area (Å²) in [6.07, 6.45) is 1.56. The molecule has 3 rings (SSSR count). The van der Waals surface area contributed by atoms with E-state index in [4.69, 9.17) is 9.47 Å². The summed E-state index contributed by atoms with van der Waals surface area (Å²) in [5.41, 5.74) is 1.42. The highest BCUT2D eigenvalue weighted by molar-refractivity contribution is 14.1. The number of benzene rings is 2. The smallest absolute Gasteiger partial charge is 0.328 e. The second kappa shape index (κ2) is 10.3. The van der Waals surface area contributed by atoms with Gasteiger partial charge in [-0.15, -0.1) is 0 Å². The van der Waals surface area contributed by atoms with Crippen LogP contribution in [0.15, 0.2) is 41.3 Å². The fourth-order valence-corrected chi connectivity index (χ4v) is 4.63. The Morgan fingerprint density at radius 1 is 1.22 bits per heavy atom. The van der Waals surface area contributed by atoms with Gasteiger partial charge in [-0.3, -0.25) is 14.5 Å². The lowest BCUT2D eigenvalue weighted by Gasteiger charge is -2.18. The molecule has 1 atom stereocenters. The second-order valence-electron chi connectivity index (χ2n) is 6.70. The van der Waals surface area contributed by atoms with Gasteiger partial charge >= 0.3 is 5.97 Å². The topological polar surface area (TPSA) is 82.1 Å². The molecule has 2 amide bonds. The van der Waals surface area contributed by atoms with E-state index in [9.17, 15) is 18.8 Å². The van der Waals surface area contributed by atoms with Gasteiger partial charge in [-0.25, -0.2) is 9.18 Å². The maximum atomic E-state index is 13.1. The van der Waals surface area contributed by atoms with Gasteiger partial charge in [-0.2, -0.15) is 0 Å². The summed E-state index contributed by atoms with van der Waals surface area (Å²) >= 11 is 2.83. The molecule has 10 heteroatoms. The number of nitrogens with zero attached hydrogens (tertiary/aromatic N) is 1. The monoisotopic (exact) mass is 571 g/mol. The van der Waals surface area contributed by atoms with E-state index >= 15 is 0 Å². The number of carbonyl (C=O) groups is 3. The summed E-state index contributed by atoms with van der Waals surface area (Å²) < 4.78 is 29.7. The van der Waals surface area contributed by atoms with Crippen LogP contribution >= 0.6 is 34.4 Å². The Bertz CT molecular complexity index is 1090. The Morgan fingerprint density at radius 2 is 1.91 bits per heavy atom. The maximum absolute atomic E-state index is 13.1. The highest BCUT2D eigenvalue weighted by atomic mass is 127. The first-order valence-corrected chi connectivity index (χ1v) is 11.2. The molecule has 0 saturated carbocycles. The van der Waals surface area contributed by atoms with Crippen molar-refractivity contribution in [3.8, 4) is 11.5 Å². The Morgan fingerprint density at radius 3 is 2.53 bits per heavy atom. The summed E-state index contributed by atoms with van der Waals surface area (Å²) in [7, 11) is 2.69. The van der Waals surface area contributed by atoms with Gasteiger partial charge < -0.3 is 14.2 Å². The summed E-state index contributed by atoms with van der Waals surface area (Å²) in [4.78, 5) is 37.8. The zero-order valence-corrected chi connectivity index (χ0v) is 20.4. The zero-order chi connectivity index (χ0) is 23.4. The summed E-state index contributed by atoms with van der Waals surface area (Å²) in [5.74, 6) is -0.624. The SMILES string of the molecule is COC(=O)[C@H](C)N1C(=O)S/C(=C/c2cc(I)c(OCc3ccc(F)cc3)c(OC)c2)C1=O. The van der Waals surface area contributed by atoms with Crippen molar-refractivity contribution >= 4 is 57.5 Å². The molecule has 1 heterocycles. The third kappa shape index (κ3) is 5.23. The highest BCUT2D eigenvalue weighted by Crippen LogP contribution is 2.38. The minimum Gasteiger partial charge on any atom is -0.493 e. The van der Waals surface area contributed by atoms with Crippen molar-refractivity contribution < 1.29 is 33.0 Å². The Balaban J connectivity index is 1.83. The van der Waals surface area contributed by atoms with Crippen molar-refractivity contribution in [3.63, 3.8) is 0 Å². The van der Waals surface area contributed by atoms with Crippen molar-refractivity contribution in [3.05, 3.63) is 61.8 Å². The van der Waals surface area contributed by atoms with Crippen LogP contribution in [0.2, 0.25) is 0 Å². The molecular weight excluding hydrogens is 552 g/mol. The van der Waals surface area contributed by atoms with Gasteiger partial charge in [0, 0.05) is 0 Å². The molecule has 7 nitrogen and oxygen atoms in total. The molecule has 1 aliphatic rings. The minimum absolute atomic E-state index is 0.184. The third-order valence-corrected chi connectivity index (χ3v) is 6.28. The molecule has 0 bridgehead atoms. The molecule has 0 unspecified atom stereocenters. The lowest BCUT2D eigenvalue weighted by molar-refractivity contribution is -0.148. The molecule has 2 aromatic carbocycles. The predicted molar refractivity (Wildman–Crippen MR) is 126 cm³/mol. The third-order valence-electron chi connectivity index (χ3n) is 4.60. The van der Waals surface area contributed by atoms with Gasteiger partial charge in [0.15, 0.2) is 11.5 Å². The summed E-state index contributed by atoms with van der Waals surface area (Å²) in [6, 6.07) is 8.43. The minimum atomic E-state index is -1.02. The van der Waals surface area contributed by atoms with Crippen LogP contribution in [0.5, 0.6) is 11.5 Å². The standard InChI is InChI=1S/C22H19FINO6S/c1-12(21(27)30-3)25-20(26)18(32-22(25)28)10-14-8-16(24)19(17(9-14)29-2)31-11-13-4-6-15(23)7-5-13/h4-10,12H,11H2,1-3H3/b18-10+/t12-/m0/s1. The number of amides is 2. The van der Waals surface area contributed by atoms with Gasteiger partial charge in [0.2, 0.25) is 0 Å². The molecule has 32 heavy (non-hydrogen) atoms. The van der Waals surface area contributed by atoms with Crippen molar-refractivity contribution in [2.24, 2.45) is 0 Å². The van der Waals surface area contributed by atoms with Crippen LogP contribution in [0.25, 0.3) is 6.08 Å². The molecule has 1 saturated heterocycles. The van der Waals surface area contributed by atoms with Crippen LogP contribution in [0, 0.1) is 9.39 Å². The van der Waals surface area contributed by atoms with Crippen LogP contribution in [0.4, 0.5) is 9.18 Å². The molecule has 1 fully saturated rings. The average Bonchev–Trinajstić information content (AvgIpc) is 3.05. The number of rotatable bonds is 7. The molecular formula is C22H19FINO6S. The zero-order valence-electron chi connectivity index (χ0n) is 17.4. The van der Waals surface area contributed by atoms with Crippen LogP contribution in [-0.2, 0) is 20.9 Å². The molecule has 0 aliphatic carbocycles. The maximum Gasteiger partial charge on any atom is 0.328 e. The van der Waals surface area contributed by atoms with Gasteiger partial charge in [-0.1, -0.05) is 12.1 Å². The normalized spacial score (nSPS) is 15.8. The van der Waals surface area contributed by atoms with Gasteiger partial charge in [0.05, 0.1) is 22.7 Å². The molecule has 0 N–H and O–H groups in total. The van der Waals surface area contributed by atoms with Gasteiger partial charge in [0.1, 0.15) is 18.5 Å². The fourth-order valence-electron chi connectivity index (χ4n) is 2.94. The van der Waals surface area contributed by atoms with E-state index in [1.54, 1.807) is 30.3 Å². The number of hydrogen-bond donors (Lipinski definition) is 0. The van der Waals surface area contributed by atoms with E-state index in [1.807, 2.05) is 0 Å². The van der Waals surface area contributed by atoms with Crippen LogP contribution in [0.1, 0.15) is 18.1 Å². The number of hydrogen-bond acceptors (Lipinski definition) is 7. The number of thioether (sulfide) groups is 1. The lowest BCUT2D eigenvalue weighted by atomic mass is 10.1. The predicted octanol–water partition coefficient (Wildman–Crippen LogP) is 4.62. The van der Waals surface area contributed by atoms with Crippen molar-refractivity contribution in [2.45, 2.75) is 19.6 Å². The van der Waals surface area contributed by atoms with E-state index in [0.717, 1.165) is 25.8 Å². The number of imide groups is 1. The van der Waals surface area contributed by atoms with E-state index in [0.29, 0.717) is 17.1 Å². The Hall–Kier alpha value is -2.60. The molecule has 0 aromatic heterocycles. The lowest BCUT2D eigenvalue weighted by Crippen LogP contribution is -2.42. The van der Waals surface area contributed by atoms with Crippen LogP contribution < -0.4 is 9.47 Å². The fraction of sp³-hybridized carbons (Fsp3) is 0.227. The number of ether oxygens (including phenoxy) is 3. The van der Waals surface area contributed by atoms with Gasteiger partial charge in [-0.05, 0) is 82.7 Å². The van der Waals surface area contributed by atoms with E-state index in [2.05, 4.69) is 27.3 Å². The highest BCUT2D eigenvalue weighted by Gasteiger charge is 2.41. The van der Waals surface area contributed by atoms with Crippen molar-refractivity contribution in [2.75, 3.05) is 14.2 Å². The number of carbonyl (C=O) groups excluding carboxylic acids is 3. The first kappa shape index (κ1) is 24.1. The van der Waals surface area contributed by atoms with Crippen LogP contribution in [-0.4, -0.2) is 42.3 Å². The molecule has 0 spiro atoms. The summed E-state index contributed by atoms with van der Waals surface area (Å²) in [6.45, 7) is 1.65. The van der Waals surface area contributed by atoms with Gasteiger partial charge in [0.25, 0.3) is 11.1 Å². The number of esters is 1. The van der Waals surface area contributed by atoms with E-state index < -0.39 is 23.2 Å². The van der Waals surface area contributed by atoms with E-state index in [1.165, 1.54) is 33.3 Å². The Labute approximate surface area is 202 Å². The number of halogens is 2. The second-order valence-corrected chi connectivity index (χ2v) is 8.86. The van der Waals surface area contributed by atoms with E-state index in [-0.39, 0.29) is 17.3 Å². The molecule has 0 radical (unpaired) electrons. The van der Waals surface area contributed by atoms with Crippen molar-refractivity contribution in [1.82, 2.24) is 4.90 Å². The number of methoxy groups -OCH3 is 2. The van der Waals surface area contributed by atoms with Crippen molar-refractivity contribution in [1.29, 1.82) is 0 Å². The largest absolute Gasteiger partial charge is 0.493 e. The molecule has 1 aliphatic heterocycles. The first-order valence-electron chi connectivity index (χ1n) is 9.34. The molecule has 168 valence electrons. The Kier molecular flexibility index (Phi) is 7.77. The molecule has 2 aromatic rings. The summed E-state index contributed by atoms with van der Waals surface area (Å²) in [5, 5.41) is -0.542. The quantitative estimate of drug-likeness (QED) is 0.273. The average molecular weight is 571 g/mol.